The quantitative estimate of drug-likeness (QED) is 0.416. The van der Waals surface area contributed by atoms with Crippen molar-refractivity contribution in [1.82, 2.24) is 0 Å². The summed E-state index contributed by atoms with van der Waals surface area (Å²) in [6.45, 7) is 3.53. The third-order valence-electron chi connectivity index (χ3n) is 3.49. The highest BCUT2D eigenvalue weighted by molar-refractivity contribution is 6.20. The summed E-state index contributed by atoms with van der Waals surface area (Å²) in [7, 11) is 0.399. The highest BCUT2D eigenvalue weighted by Gasteiger charge is 2.36. The minimum absolute atomic E-state index is 0.0287. The summed E-state index contributed by atoms with van der Waals surface area (Å²) in [5, 5.41) is 0. The Morgan fingerprint density at radius 2 is 1.07 bits per heavy atom. The highest BCUT2D eigenvalue weighted by Crippen LogP contribution is 2.40. The molecule has 0 bridgehead atoms. The van der Waals surface area contributed by atoms with Gasteiger partial charge in [0.1, 0.15) is 23.0 Å². The number of halogens is 6. The van der Waals surface area contributed by atoms with Crippen LogP contribution in [0.1, 0.15) is 25.0 Å². The van der Waals surface area contributed by atoms with Gasteiger partial charge in [-0.15, -0.1) is 0 Å². The summed E-state index contributed by atoms with van der Waals surface area (Å²) in [6, 6.07) is 5.89. The molecule has 157 valence electrons. The molecule has 0 atom stereocenters. The summed E-state index contributed by atoms with van der Waals surface area (Å²) >= 11 is 0. The van der Waals surface area contributed by atoms with Crippen LogP contribution in [0, 0.1) is 0 Å². The fourth-order valence-electron chi connectivity index (χ4n) is 2.31. The molecule has 0 fully saturated rings. The third kappa shape index (κ3) is 6.13. The average molecular weight is 421 g/mol. The summed E-state index contributed by atoms with van der Waals surface area (Å²) in [5.41, 5.74) is -2.32. The first-order valence-electron chi connectivity index (χ1n) is 8.39. The van der Waals surface area contributed by atoms with E-state index in [2.05, 4.69) is 0 Å². The second-order valence-electron chi connectivity index (χ2n) is 5.51. The van der Waals surface area contributed by atoms with Crippen LogP contribution in [-0.2, 0) is 12.4 Å². The zero-order chi connectivity index (χ0) is 21.7. The first-order chi connectivity index (χ1) is 13.6. The van der Waals surface area contributed by atoms with Gasteiger partial charge in [-0.1, -0.05) is 0 Å². The Morgan fingerprint density at radius 1 is 0.690 bits per heavy atom. The summed E-state index contributed by atoms with van der Waals surface area (Å²) < 4.78 is 98.9. The molecule has 0 amide bonds. The Bertz CT molecular complexity index is 755. The van der Waals surface area contributed by atoms with Crippen LogP contribution < -0.4 is 18.8 Å². The minimum Gasteiger partial charge on any atom is -0.526 e. The lowest BCUT2D eigenvalue weighted by molar-refractivity contribution is -0.139. The van der Waals surface area contributed by atoms with Gasteiger partial charge in [0.25, 0.3) is 0 Å². The van der Waals surface area contributed by atoms with Gasteiger partial charge in [0, 0.05) is 0 Å². The van der Waals surface area contributed by atoms with Gasteiger partial charge in [0.2, 0.25) is 0 Å². The Morgan fingerprint density at radius 3 is 1.38 bits per heavy atom. The monoisotopic (exact) mass is 421 g/mol. The zero-order valence-electron chi connectivity index (χ0n) is 15.4. The van der Waals surface area contributed by atoms with E-state index in [-0.39, 0.29) is 24.7 Å². The second kappa shape index (κ2) is 9.19. The number of hydrogen-bond donors (Lipinski definition) is 0. The van der Waals surface area contributed by atoms with E-state index in [1.54, 1.807) is 13.8 Å². The van der Waals surface area contributed by atoms with Crippen molar-refractivity contribution in [2.75, 3.05) is 13.2 Å². The molecule has 0 aliphatic carbocycles. The maximum atomic E-state index is 13.2. The Kier molecular flexibility index (Phi) is 7.15. The first-order valence-corrected chi connectivity index (χ1v) is 8.39. The van der Waals surface area contributed by atoms with Crippen molar-refractivity contribution in [2.24, 2.45) is 0 Å². The fourth-order valence-corrected chi connectivity index (χ4v) is 2.31. The zero-order valence-corrected chi connectivity index (χ0v) is 15.4. The SMILES string of the molecule is CCOc1ccc(O[B]Oc2ccc(OCC)cc2C(F)(F)F)c(C(F)(F)F)c1. The molecule has 0 unspecified atom stereocenters. The van der Waals surface area contributed by atoms with Crippen molar-refractivity contribution in [3.63, 3.8) is 0 Å². The van der Waals surface area contributed by atoms with E-state index in [9.17, 15) is 26.3 Å². The van der Waals surface area contributed by atoms with Gasteiger partial charge >= 0.3 is 20.0 Å². The Labute approximate surface area is 163 Å². The van der Waals surface area contributed by atoms with E-state index < -0.39 is 35.0 Å². The molecule has 2 aromatic carbocycles. The van der Waals surface area contributed by atoms with E-state index in [1.807, 2.05) is 0 Å². The molecular formula is C18H16BF6O4. The number of ether oxygens (including phenoxy) is 2. The van der Waals surface area contributed by atoms with Crippen LogP contribution in [-0.4, -0.2) is 20.9 Å². The molecule has 0 saturated carbocycles. The standard InChI is InChI=1S/C18H16BF6O4/c1-3-26-11-5-7-15(13(9-11)17(20,21)22)28-19-29-16-8-6-12(27-4-2)10-14(16)18(23,24)25/h5-10H,3-4H2,1-2H3. The maximum Gasteiger partial charge on any atom is 0.658 e. The third-order valence-corrected chi connectivity index (χ3v) is 3.49. The van der Waals surface area contributed by atoms with E-state index in [0.29, 0.717) is 7.69 Å². The number of rotatable bonds is 8. The van der Waals surface area contributed by atoms with E-state index in [4.69, 9.17) is 18.8 Å². The van der Waals surface area contributed by atoms with Crippen LogP contribution in [0.4, 0.5) is 26.3 Å². The smallest absolute Gasteiger partial charge is 0.526 e. The number of benzene rings is 2. The van der Waals surface area contributed by atoms with Crippen molar-refractivity contribution in [3.05, 3.63) is 47.5 Å². The number of hydrogen-bond acceptors (Lipinski definition) is 4. The van der Waals surface area contributed by atoms with Crippen LogP contribution in [0.5, 0.6) is 23.0 Å². The predicted octanol–water partition coefficient (Wildman–Crippen LogP) is 5.51. The normalized spacial score (nSPS) is 11.7. The van der Waals surface area contributed by atoms with Gasteiger partial charge in [-0.25, -0.2) is 0 Å². The molecule has 29 heavy (non-hydrogen) atoms. The van der Waals surface area contributed by atoms with Gasteiger partial charge in [-0.2, -0.15) is 26.3 Å². The fraction of sp³-hybridized carbons (Fsp3) is 0.333. The van der Waals surface area contributed by atoms with E-state index in [0.717, 1.165) is 24.3 Å². The average Bonchev–Trinajstić information content (AvgIpc) is 2.62. The molecular weight excluding hydrogens is 405 g/mol. The van der Waals surface area contributed by atoms with Gasteiger partial charge in [-0.05, 0) is 50.2 Å². The van der Waals surface area contributed by atoms with Crippen LogP contribution >= 0.6 is 0 Å². The molecule has 4 nitrogen and oxygen atoms in total. The minimum atomic E-state index is -4.77. The lowest BCUT2D eigenvalue weighted by atomic mass is 10.1. The van der Waals surface area contributed by atoms with Crippen LogP contribution in [0.25, 0.3) is 0 Å². The summed E-state index contributed by atoms with van der Waals surface area (Å²) in [4.78, 5) is 0. The Hall–Kier alpha value is -2.72. The predicted molar refractivity (Wildman–Crippen MR) is 92.2 cm³/mol. The lowest BCUT2D eigenvalue weighted by Gasteiger charge is -2.17. The molecule has 0 aliphatic heterocycles. The maximum absolute atomic E-state index is 13.2. The van der Waals surface area contributed by atoms with Gasteiger partial charge in [0.05, 0.1) is 24.3 Å². The van der Waals surface area contributed by atoms with Gasteiger partial charge in [0.15, 0.2) is 0 Å². The largest absolute Gasteiger partial charge is 0.658 e. The van der Waals surface area contributed by atoms with E-state index >= 15 is 0 Å². The van der Waals surface area contributed by atoms with Crippen molar-refractivity contribution < 1.29 is 45.1 Å². The van der Waals surface area contributed by atoms with Gasteiger partial charge in [-0.3, -0.25) is 0 Å². The molecule has 2 aromatic rings. The topological polar surface area (TPSA) is 36.9 Å². The highest BCUT2D eigenvalue weighted by atomic mass is 19.4. The molecule has 0 spiro atoms. The molecule has 1 radical (unpaired) electrons. The van der Waals surface area contributed by atoms with Crippen LogP contribution in [0.15, 0.2) is 36.4 Å². The molecule has 2 rings (SSSR count). The second-order valence-corrected chi connectivity index (χ2v) is 5.51. The Balaban J connectivity index is 2.19. The van der Waals surface area contributed by atoms with Gasteiger partial charge < -0.3 is 18.8 Å². The van der Waals surface area contributed by atoms with Crippen LogP contribution in [0.2, 0.25) is 0 Å². The molecule has 0 aromatic heterocycles. The first kappa shape index (κ1) is 22.6. The molecule has 0 heterocycles. The molecule has 0 N–H and O–H groups in total. The summed E-state index contributed by atoms with van der Waals surface area (Å²) in [6.07, 6.45) is -9.54. The molecule has 0 aliphatic rings. The molecule has 11 heteroatoms. The van der Waals surface area contributed by atoms with Crippen LogP contribution in [0.3, 0.4) is 0 Å². The van der Waals surface area contributed by atoms with Crippen molar-refractivity contribution >= 4 is 7.69 Å². The van der Waals surface area contributed by atoms with Crippen molar-refractivity contribution in [3.8, 4) is 23.0 Å². The number of alkyl halides is 6. The summed E-state index contributed by atoms with van der Waals surface area (Å²) in [5.74, 6) is -1.36. The van der Waals surface area contributed by atoms with Crippen molar-refractivity contribution in [2.45, 2.75) is 26.2 Å². The van der Waals surface area contributed by atoms with Crippen molar-refractivity contribution in [1.29, 1.82) is 0 Å². The lowest BCUT2D eigenvalue weighted by Crippen LogP contribution is -2.17. The molecule has 0 saturated heterocycles. The van der Waals surface area contributed by atoms with E-state index in [1.165, 1.54) is 12.1 Å².